The van der Waals surface area contributed by atoms with Gasteiger partial charge in [-0.2, -0.15) is 0 Å². The average molecular weight is 469 g/mol. The minimum absolute atomic E-state index is 0.00450. The number of carbonyl (C=O) groups excluding carboxylic acids is 1. The summed E-state index contributed by atoms with van der Waals surface area (Å²) in [5.74, 6) is 0.497. The van der Waals surface area contributed by atoms with Crippen LogP contribution in [0.2, 0.25) is 0 Å². The first-order valence-corrected chi connectivity index (χ1v) is 11.9. The molecule has 0 fully saturated rings. The Morgan fingerprint density at radius 2 is 1.64 bits per heavy atom. The molecule has 0 unspecified atom stereocenters. The Labute approximate surface area is 195 Å². The Hall–Kier alpha value is -3.52. The van der Waals surface area contributed by atoms with E-state index in [4.69, 9.17) is 9.47 Å². The summed E-state index contributed by atoms with van der Waals surface area (Å²) in [6.07, 6.45) is 0. The lowest BCUT2D eigenvalue weighted by Crippen LogP contribution is -2.41. The van der Waals surface area contributed by atoms with Crippen molar-refractivity contribution in [3.8, 4) is 11.5 Å². The number of aryl methyl sites for hydroxylation is 1. The molecule has 3 rings (SSSR count). The van der Waals surface area contributed by atoms with Gasteiger partial charge in [0.05, 0.1) is 25.9 Å². The van der Waals surface area contributed by atoms with Gasteiger partial charge in [0, 0.05) is 0 Å². The van der Waals surface area contributed by atoms with Crippen molar-refractivity contribution in [2.24, 2.45) is 0 Å². The lowest BCUT2D eigenvalue weighted by atomic mass is 10.1. The zero-order valence-corrected chi connectivity index (χ0v) is 19.9. The summed E-state index contributed by atoms with van der Waals surface area (Å²) in [5, 5.41) is 2.88. The third-order valence-corrected chi connectivity index (χ3v) is 7.01. The third kappa shape index (κ3) is 5.64. The third-order valence-electron chi connectivity index (χ3n) is 5.21. The summed E-state index contributed by atoms with van der Waals surface area (Å²) in [4.78, 5) is 13.0. The molecule has 0 radical (unpaired) electrons. The van der Waals surface area contributed by atoms with Gasteiger partial charge >= 0.3 is 0 Å². The molecule has 3 aromatic carbocycles. The van der Waals surface area contributed by atoms with E-state index in [9.17, 15) is 13.2 Å². The first kappa shape index (κ1) is 24.1. The van der Waals surface area contributed by atoms with Gasteiger partial charge in [0.2, 0.25) is 5.91 Å². The second-order valence-corrected chi connectivity index (χ2v) is 9.39. The lowest BCUT2D eigenvalue weighted by Gasteiger charge is -2.26. The molecule has 174 valence electrons. The largest absolute Gasteiger partial charge is 0.497 e. The number of sulfonamides is 1. The fourth-order valence-corrected chi connectivity index (χ4v) is 5.07. The number of hydrogen-bond acceptors (Lipinski definition) is 5. The maximum Gasteiger partial charge on any atom is 0.268 e. The molecule has 1 amide bonds. The van der Waals surface area contributed by atoms with Crippen molar-refractivity contribution >= 4 is 21.6 Å². The molecule has 0 heterocycles. The Bertz CT molecular complexity index is 1200. The molecule has 8 heteroatoms. The van der Waals surface area contributed by atoms with Crippen molar-refractivity contribution < 1.29 is 22.7 Å². The second-order valence-electron chi connectivity index (χ2n) is 7.56. The molecule has 0 aliphatic rings. The van der Waals surface area contributed by atoms with Crippen molar-refractivity contribution in [2.75, 3.05) is 25.1 Å². The first-order chi connectivity index (χ1) is 15.8. The van der Waals surface area contributed by atoms with Crippen LogP contribution in [-0.4, -0.2) is 35.1 Å². The highest BCUT2D eigenvalue weighted by atomic mass is 32.2. The Morgan fingerprint density at radius 1 is 0.970 bits per heavy atom. The van der Waals surface area contributed by atoms with Gasteiger partial charge in [-0.05, 0) is 61.4 Å². The molecule has 0 spiro atoms. The quantitative estimate of drug-likeness (QED) is 0.511. The van der Waals surface area contributed by atoms with Crippen molar-refractivity contribution in [3.63, 3.8) is 0 Å². The van der Waals surface area contributed by atoms with E-state index in [1.807, 2.05) is 31.2 Å². The number of anilines is 1. The van der Waals surface area contributed by atoms with Gasteiger partial charge in [-0.15, -0.1) is 0 Å². The van der Waals surface area contributed by atoms with E-state index in [1.165, 1.54) is 7.11 Å². The SMILES string of the molecule is COc1ccc([C@H](C)NC(=O)CN(c2ccccc2)S(=O)(=O)c2cc(C)ccc2OC)cc1. The number of rotatable bonds is 9. The highest BCUT2D eigenvalue weighted by molar-refractivity contribution is 7.93. The van der Waals surface area contributed by atoms with Crippen LogP contribution in [0.3, 0.4) is 0 Å². The van der Waals surface area contributed by atoms with E-state index in [-0.39, 0.29) is 23.2 Å². The normalized spacial score (nSPS) is 12.0. The number of benzene rings is 3. The predicted octanol–water partition coefficient (Wildman–Crippen LogP) is 4.08. The molecule has 0 aromatic heterocycles. The van der Waals surface area contributed by atoms with Crippen LogP contribution in [0, 0.1) is 6.92 Å². The van der Waals surface area contributed by atoms with Gasteiger partial charge in [0.25, 0.3) is 10.0 Å². The van der Waals surface area contributed by atoms with E-state index in [0.717, 1.165) is 15.4 Å². The van der Waals surface area contributed by atoms with E-state index >= 15 is 0 Å². The lowest BCUT2D eigenvalue weighted by molar-refractivity contribution is -0.120. The summed E-state index contributed by atoms with van der Waals surface area (Å²) in [7, 11) is -1.09. The number of ether oxygens (including phenoxy) is 2. The summed E-state index contributed by atoms with van der Waals surface area (Å²) in [6.45, 7) is 3.25. The van der Waals surface area contributed by atoms with Crippen LogP contribution in [0.4, 0.5) is 5.69 Å². The smallest absolute Gasteiger partial charge is 0.268 e. The van der Waals surface area contributed by atoms with E-state index in [2.05, 4.69) is 5.32 Å². The molecular formula is C25H28N2O5S. The maximum absolute atomic E-state index is 13.7. The number of carbonyl (C=O) groups is 1. The van der Waals surface area contributed by atoms with Crippen LogP contribution in [-0.2, 0) is 14.8 Å². The van der Waals surface area contributed by atoms with Gasteiger partial charge in [-0.1, -0.05) is 36.4 Å². The fourth-order valence-electron chi connectivity index (χ4n) is 3.41. The predicted molar refractivity (Wildman–Crippen MR) is 128 cm³/mol. The molecule has 3 aromatic rings. The Kier molecular flexibility index (Phi) is 7.60. The Balaban J connectivity index is 1.90. The Morgan fingerprint density at radius 3 is 2.24 bits per heavy atom. The summed E-state index contributed by atoms with van der Waals surface area (Å²) >= 11 is 0. The molecule has 1 atom stereocenters. The monoisotopic (exact) mass is 468 g/mol. The zero-order valence-electron chi connectivity index (χ0n) is 19.1. The standard InChI is InChI=1S/C25H28N2O5S/c1-18-10-15-23(32-4)24(16-18)33(29,30)27(21-8-6-5-7-9-21)17-25(28)26-19(2)20-11-13-22(31-3)14-12-20/h5-16,19H,17H2,1-4H3,(H,26,28)/t19-/m0/s1. The number of nitrogens with one attached hydrogen (secondary N) is 1. The highest BCUT2D eigenvalue weighted by Gasteiger charge is 2.30. The number of para-hydroxylation sites is 1. The number of methoxy groups -OCH3 is 2. The minimum atomic E-state index is -4.09. The van der Waals surface area contributed by atoms with Crippen LogP contribution >= 0.6 is 0 Å². The zero-order chi connectivity index (χ0) is 24.0. The van der Waals surface area contributed by atoms with Crippen LogP contribution < -0.4 is 19.1 Å². The second kappa shape index (κ2) is 10.4. The van der Waals surface area contributed by atoms with Gasteiger partial charge < -0.3 is 14.8 Å². The van der Waals surface area contributed by atoms with Crippen LogP contribution in [0.15, 0.2) is 77.7 Å². The van der Waals surface area contributed by atoms with E-state index < -0.39 is 15.9 Å². The topological polar surface area (TPSA) is 84.9 Å². The summed E-state index contributed by atoms with van der Waals surface area (Å²) < 4.78 is 38.9. The van der Waals surface area contributed by atoms with Crippen LogP contribution in [0.25, 0.3) is 0 Å². The number of nitrogens with zero attached hydrogens (tertiary/aromatic N) is 1. The number of hydrogen-bond donors (Lipinski definition) is 1. The summed E-state index contributed by atoms with van der Waals surface area (Å²) in [5.41, 5.74) is 2.02. The van der Waals surface area contributed by atoms with E-state index in [1.54, 1.807) is 62.6 Å². The van der Waals surface area contributed by atoms with Gasteiger partial charge in [0.1, 0.15) is 22.9 Å². The molecular weight excluding hydrogens is 440 g/mol. The average Bonchev–Trinajstić information content (AvgIpc) is 2.83. The van der Waals surface area contributed by atoms with Gasteiger partial charge in [-0.25, -0.2) is 8.42 Å². The van der Waals surface area contributed by atoms with Crippen molar-refractivity contribution in [2.45, 2.75) is 24.8 Å². The molecule has 0 saturated carbocycles. The van der Waals surface area contributed by atoms with Crippen molar-refractivity contribution in [1.29, 1.82) is 0 Å². The first-order valence-electron chi connectivity index (χ1n) is 10.4. The summed E-state index contributed by atoms with van der Waals surface area (Å²) in [6, 6.07) is 20.5. The van der Waals surface area contributed by atoms with Gasteiger partial charge in [0.15, 0.2) is 0 Å². The van der Waals surface area contributed by atoms with Crippen LogP contribution in [0.5, 0.6) is 11.5 Å². The van der Waals surface area contributed by atoms with Crippen molar-refractivity contribution in [3.05, 3.63) is 83.9 Å². The molecule has 0 saturated heterocycles. The van der Waals surface area contributed by atoms with Gasteiger partial charge in [-0.3, -0.25) is 9.10 Å². The molecule has 0 aliphatic heterocycles. The minimum Gasteiger partial charge on any atom is -0.497 e. The highest BCUT2D eigenvalue weighted by Crippen LogP contribution is 2.30. The molecule has 1 N–H and O–H groups in total. The number of amides is 1. The van der Waals surface area contributed by atoms with Crippen molar-refractivity contribution in [1.82, 2.24) is 5.32 Å². The van der Waals surface area contributed by atoms with E-state index in [0.29, 0.717) is 11.4 Å². The maximum atomic E-state index is 13.7. The molecule has 0 bridgehead atoms. The fraction of sp³-hybridized carbons (Fsp3) is 0.240. The molecule has 33 heavy (non-hydrogen) atoms. The molecule has 0 aliphatic carbocycles. The van der Waals surface area contributed by atoms with Crippen LogP contribution in [0.1, 0.15) is 24.1 Å². The molecule has 7 nitrogen and oxygen atoms in total.